The van der Waals surface area contributed by atoms with Crippen LogP contribution in [0.1, 0.15) is 17.2 Å². The van der Waals surface area contributed by atoms with E-state index in [0.29, 0.717) is 5.56 Å². The summed E-state index contributed by atoms with van der Waals surface area (Å²) in [4.78, 5) is 12.8. The minimum absolute atomic E-state index is 0.0276. The Morgan fingerprint density at radius 2 is 2.16 bits per heavy atom. The lowest BCUT2D eigenvalue weighted by Gasteiger charge is -2.34. The van der Waals surface area contributed by atoms with Gasteiger partial charge < -0.3 is 10.4 Å². The van der Waals surface area contributed by atoms with Gasteiger partial charge in [0.15, 0.2) is 0 Å². The number of aliphatic hydroxyl groups excluding tert-OH is 1. The molecule has 0 aliphatic carbocycles. The SMILES string of the molecule is Cc1ccc([C@@H](CO)N2CCNCC2)cc1[N+](=O)[O-]. The zero-order chi connectivity index (χ0) is 13.8. The van der Waals surface area contributed by atoms with Gasteiger partial charge in [0.25, 0.3) is 5.69 Å². The topological polar surface area (TPSA) is 78.6 Å². The van der Waals surface area contributed by atoms with E-state index in [2.05, 4.69) is 10.2 Å². The van der Waals surface area contributed by atoms with Crippen LogP contribution in [0.25, 0.3) is 0 Å². The van der Waals surface area contributed by atoms with Crippen molar-refractivity contribution < 1.29 is 10.0 Å². The van der Waals surface area contributed by atoms with Gasteiger partial charge in [-0.1, -0.05) is 12.1 Å². The van der Waals surface area contributed by atoms with Crippen LogP contribution in [0.4, 0.5) is 5.69 Å². The predicted octanol–water partition coefficient (Wildman–Crippen LogP) is 0.842. The monoisotopic (exact) mass is 265 g/mol. The number of nitro benzene ring substituents is 1. The summed E-state index contributed by atoms with van der Waals surface area (Å²) in [6.07, 6.45) is 0. The van der Waals surface area contributed by atoms with Gasteiger partial charge in [0.1, 0.15) is 0 Å². The third kappa shape index (κ3) is 3.09. The van der Waals surface area contributed by atoms with Gasteiger partial charge in [-0.2, -0.15) is 0 Å². The third-order valence-electron chi connectivity index (χ3n) is 3.58. The highest BCUT2D eigenvalue weighted by Crippen LogP contribution is 2.26. The number of aryl methyl sites for hydroxylation is 1. The molecular weight excluding hydrogens is 246 g/mol. The average Bonchev–Trinajstić information content (AvgIpc) is 2.42. The fourth-order valence-electron chi connectivity index (χ4n) is 2.46. The Balaban J connectivity index is 2.27. The van der Waals surface area contributed by atoms with Crippen molar-refractivity contribution in [3.05, 3.63) is 39.4 Å². The van der Waals surface area contributed by atoms with Crippen LogP contribution in [-0.4, -0.2) is 47.7 Å². The Hall–Kier alpha value is -1.50. The third-order valence-corrected chi connectivity index (χ3v) is 3.58. The maximum atomic E-state index is 11.0. The average molecular weight is 265 g/mol. The van der Waals surface area contributed by atoms with Gasteiger partial charge in [0.05, 0.1) is 17.6 Å². The van der Waals surface area contributed by atoms with Crippen LogP contribution in [0.5, 0.6) is 0 Å². The van der Waals surface area contributed by atoms with Crippen LogP contribution < -0.4 is 5.32 Å². The summed E-state index contributed by atoms with van der Waals surface area (Å²) in [6, 6.07) is 5.03. The highest BCUT2D eigenvalue weighted by atomic mass is 16.6. The van der Waals surface area contributed by atoms with E-state index >= 15 is 0 Å². The summed E-state index contributed by atoms with van der Waals surface area (Å²) in [7, 11) is 0. The van der Waals surface area contributed by atoms with Crippen LogP contribution >= 0.6 is 0 Å². The summed E-state index contributed by atoms with van der Waals surface area (Å²) in [5, 5.41) is 23.8. The zero-order valence-electron chi connectivity index (χ0n) is 11.0. The van der Waals surface area contributed by atoms with Crippen LogP contribution in [0.3, 0.4) is 0 Å². The Morgan fingerprint density at radius 3 is 2.74 bits per heavy atom. The van der Waals surface area contributed by atoms with E-state index < -0.39 is 0 Å². The first-order valence-electron chi connectivity index (χ1n) is 6.44. The zero-order valence-corrected chi connectivity index (χ0v) is 11.0. The van der Waals surface area contributed by atoms with Crippen LogP contribution in [0.2, 0.25) is 0 Å². The van der Waals surface area contributed by atoms with E-state index in [9.17, 15) is 15.2 Å². The van der Waals surface area contributed by atoms with Crippen molar-refractivity contribution in [3.63, 3.8) is 0 Å². The molecule has 2 rings (SSSR count). The quantitative estimate of drug-likeness (QED) is 0.623. The Bertz CT molecular complexity index is 458. The number of nitrogens with one attached hydrogen (secondary N) is 1. The van der Waals surface area contributed by atoms with Crippen LogP contribution in [0, 0.1) is 17.0 Å². The molecule has 1 atom stereocenters. The molecule has 1 saturated heterocycles. The number of benzene rings is 1. The Morgan fingerprint density at radius 1 is 1.47 bits per heavy atom. The Labute approximate surface area is 112 Å². The van der Waals surface area contributed by atoms with Gasteiger partial charge in [-0.25, -0.2) is 0 Å². The molecule has 19 heavy (non-hydrogen) atoms. The van der Waals surface area contributed by atoms with Crippen LogP contribution in [0.15, 0.2) is 18.2 Å². The number of aliphatic hydroxyl groups is 1. The largest absolute Gasteiger partial charge is 0.394 e. The minimum atomic E-state index is -0.370. The molecule has 0 bridgehead atoms. The van der Waals surface area contributed by atoms with Gasteiger partial charge in [-0.3, -0.25) is 15.0 Å². The van der Waals surface area contributed by atoms with E-state index in [-0.39, 0.29) is 23.3 Å². The molecule has 1 aliphatic rings. The molecule has 1 aliphatic heterocycles. The standard InChI is InChI=1S/C13H19N3O3/c1-10-2-3-11(8-12(10)16(18)19)13(9-17)15-6-4-14-5-7-15/h2-3,8,13-14,17H,4-7,9H2,1H3/t13-/m1/s1. The predicted molar refractivity (Wildman–Crippen MR) is 72.1 cm³/mol. The molecule has 6 heteroatoms. The number of piperazine rings is 1. The first kappa shape index (κ1) is 13.9. The number of nitrogens with zero attached hydrogens (tertiary/aromatic N) is 2. The van der Waals surface area contributed by atoms with Crippen molar-refractivity contribution in [2.45, 2.75) is 13.0 Å². The van der Waals surface area contributed by atoms with E-state index in [1.807, 2.05) is 6.07 Å². The lowest BCUT2D eigenvalue weighted by atomic mass is 10.0. The van der Waals surface area contributed by atoms with Crippen molar-refractivity contribution in [1.29, 1.82) is 0 Å². The second-order valence-electron chi connectivity index (χ2n) is 4.79. The first-order chi connectivity index (χ1) is 9.13. The fourth-order valence-corrected chi connectivity index (χ4v) is 2.46. The van der Waals surface area contributed by atoms with Gasteiger partial charge in [0.2, 0.25) is 0 Å². The molecule has 0 amide bonds. The van der Waals surface area contributed by atoms with Crippen molar-refractivity contribution in [3.8, 4) is 0 Å². The van der Waals surface area contributed by atoms with Crippen molar-refractivity contribution >= 4 is 5.69 Å². The summed E-state index contributed by atoms with van der Waals surface area (Å²) in [6.45, 7) is 5.13. The van der Waals surface area contributed by atoms with E-state index in [1.165, 1.54) is 0 Å². The highest BCUT2D eigenvalue weighted by Gasteiger charge is 2.23. The van der Waals surface area contributed by atoms with Gasteiger partial charge in [-0.15, -0.1) is 0 Å². The molecule has 6 nitrogen and oxygen atoms in total. The van der Waals surface area contributed by atoms with Gasteiger partial charge in [0, 0.05) is 37.8 Å². The fraction of sp³-hybridized carbons (Fsp3) is 0.538. The summed E-state index contributed by atoms with van der Waals surface area (Å²) in [5.41, 5.74) is 1.57. The van der Waals surface area contributed by atoms with E-state index in [0.717, 1.165) is 31.7 Å². The molecule has 0 unspecified atom stereocenters. The Kier molecular flexibility index (Phi) is 4.47. The molecule has 0 radical (unpaired) electrons. The highest BCUT2D eigenvalue weighted by molar-refractivity contribution is 5.43. The number of hydrogen-bond donors (Lipinski definition) is 2. The number of nitro groups is 1. The molecule has 0 saturated carbocycles. The molecular formula is C13H19N3O3. The maximum Gasteiger partial charge on any atom is 0.272 e. The molecule has 0 spiro atoms. The molecule has 2 N–H and O–H groups in total. The van der Waals surface area contributed by atoms with E-state index in [4.69, 9.17) is 0 Å². The summed E-state index contributed by atoms with van der Waals surface area (Å²) in [5.74, 6) is 0. The van der Waals surface area contributed by atoms with Gasteiger partial charge >= 0.3 is 0 Å². The normalized spacial score (nSPS) is 18.2. The second kappa shape index (κ2) is 6.10. The molecule has 0 aromatic heterocycles. The van der Waals surface area contributed by atoms with Crippen LogP contribution in [-0.2, 0) is 0 Å². The molecule has 104 valence electrons. The summed E-state index contributed by atoms with van der Waals surface area (Å²) < 4.78 is 0. The first-order valence-corrected chi connectivity index (χ1v) is 6.44. The van der Waals surface area contributed by atoms with Crippen molar-refractivity contribution in [1.82, 2.24) is 10.2 Å². The second-order valence-corrected chi connectivity index (χ2v) is 4.79. The summed E-state index contributed by atoms with van der Waals surface area (Å²) >= 11 is 0. The van der Waals surface area contributed by atoms with Crippen molar-refractivity contribution in [2.24, 2.45) is 0 Å². The van der Waals surface area contributed by atoms with Gasteiger partial charge in [-0.05, 0) is 12.5 Å². The lowest BCUT2D eigenvalue weighted by molar-refractivity contribution is -0.385. The number of rotatable bonds is 4. The smallest absolute Gasteiger partial charge is 0.272 e. The molecule has 1 aromatic carbocycles. The van der Waals surface area contributed by atoms with Crippen molar-refractivity contribution in [2.75, 3.05) is 32.8 Å². The number of hydrogen-bond acceptors (Lipinski definition) is 5. The molecule has 1 fully saturated rings. The minimum Gasteiger partial charge on any atom is -0.394 e. The lowest BCUT2D eigenvalue weighted by Crippen LogP contribution is -2.46. The molecule has 1 heterocycles. The van der Waals surface area contributed by atoms with E-state index in [1.54, 1.807) is 19.1 Å². The molecule has 1 aromatic rings. The maximum absolute atomic E-state index is 11.0.